The zero-order chi connectivity index (χ0) is 19.7. The third-order valence-electron chi connectivity index (χ3n) is 5.76. The summed E-state index contributed by atoms with van der Waals surface area (Å²) in [4.78, 5) is 4.20. The first kappa shape index (κ1) is 26.3. The molecule has 5 heteroatoms. The molecule has 0 heterocycles. The lowest BCUT2D eigenvalue weighted by Gasteiger charge is -2.44. The Morgan fingerprint density at radius 2 is 0.760 bits per heavy atom. The van der Waals surface area contributed by atoms with Crippen LogP contribution in [0.5, 0.6) is 0 Å². The minimum atomic E-state index is -1.68. The Morgan fingerprint density at radius 1 is 0.560 bits per heavy atom. The van der Waals surface area contributed by atoms with E-state index in [9.17, 15) is 0 Å². The maximum Gasteiger partial charge on any atom is 0.0218 e. The molecule has 1 N–H and O–H groups in total. The van der Waals surface area contributed by atoms with Crippen molar-refractivity contribution in [1.82, 2.24) is 4.86 Å². The van der Waals surface area contributed by atoms with Crippen LogP contribution in [0.25, 0.3) is 0 Å². The van der Waals surface area contributed by atoms with Crippen molar-refractivity contribution < 1.29 is 0 Å². The first-order valence-electron chi connectivity index (χ1n) is 10.6. The second kappa shape index (κ2) is 12.7. The Kier molecular flexibility index (Phi) is 13.3. The van der Waals surface area contributed by atoms with Crippen LogP contribution in [0.2, 0.25) is 0 Å². The van der Waals surface area contributed by atoms with E-state index in [-0.39, 0.29) is 0 Å². The molecular weight excluding hydrogens is 380 g/mol. The van der Waals surface area contributed by atoms with Gasteiger partial charge in [0.25, 0.3) is 0 Å². The summed E-state index contributed by atoms with van der Waals surface area (Å²) in [7, 11) is 0. The lowest BCUT2D eigenvalue weighted by Crippen LogP contribution is -2.30. The van der Waals surface area contributed by atoms with Crippen molar-refractivity contribution >= 4 is 36.0 Å². The fraction of sp³-hybridized carbons (Fsp3) is 1.00. The summed E-state index contributed by atoms with van der Waals surface area (Å²) < 4.78 is 0. The smallest absolute Gasteiger partial charge is 0.0218 e. The number of nitrogens with one attached hydrogen (secondary N) is 1. The highest BCUT2D eigenvalue weighted by atomic mass is 32.5. The summed E-state index contributed by atoms with van der Waals surface area (Å²) in [6.07, 6.45) is 6.45. The molecule has 0 amide bonds. The molecule has 0 spiro atoms. The van der Waals surface area contributed by atoms with E-state index in [1.807, 2.05) is 0 Å². The fourth-order valence-corrected chi connectivity index (χ4v) is 17.5. The Morgan fingerprint density at radius 3 is 0.920 bits per heavy atom. The molecule has 25 heavy (non-hydrogen) atoms. The van der Waals surface area contributed by atoms with Crippen molar-refractivity contribution in [3.8, 4) is 0 Å². The summed E-state index contributed by atoms with van der Waals surface area (Å²) >= 11 is 13.0. The van der Waals surface area contributed by atoms with Gasteiger partial charge in [-0.25, -0.2) is 0 Å². The molecular formula is C20H45NP2S2. The standard InChI is InChI=1S/C20H45NP2S2/c1-9-13-17(5)22(24,18(6)14-10-2)21-23(25,19(7)15-11-3)20(8)16-12-4/h17-20H,9-16H2,1-8H3,(H,21,24,25). The third-order valence-corrected chi connectivity index (χ3v) is 20.3. The zero-order valence-corrected chi connectivity index (χ0v) is 21.6. The van der Waals surface area contributed by atoms with Crippen LogP contribution in [0.4, 0.5) is 0 Å². The number of hydrogen-bond acceptors (Lipinski definition) is 2. The quantitative estimate of drug-likeness (QED) is 0.282. The average Bonchev–Trinajstić information content (AvgIpc) is 2.55. The minimum Gasteiger partial charge on any atom is -0.258 e. The van der Waals surface area contributed by atoms with E-state index in [2.05, 4.69) is 60.2 Å². The Hall–Kier alpha value is 1.26. The molecule has 0 aliphatic rings. The maximum absolute atomic E-state index is 6.49. The van der Waals surface area contributed by atoms with Gasteiger partial charge in [0.1, 0.15) is 0 Å². The lowest BCUT2D eigenvalue weighted by atomic mass is 10.3. The predicted molar refractivity (Wildman–Crippen MR) is 129 cm³/mol. The molecule has 0 aliphatic carbocycles. The van der Waals surface area contributed by atoms with E-state index >= 15 is 0 Å². The molecule has 0 fully saturated rings. The molecule has 0 rings (SSSR count). The van der Waals surface area contributed by atoms with E-state index in [0.717, 1.165) is 0 Å². The minimum absolute atomic E-state index is 0.596. The highest BCUT2D eigenvalue weighted by molar-refractivity contribution is 8.23. The van der Waals surface area contributed by atoms with Crippen molar-refractivity contribution in [3.63, 3.8) is 0 Å². The molecule has 0 aromatic rings. The van der Waals surface area contributed by atoms with E-state index in [1.54, 1.807) is 0 Å². The molecule has 0 aromatic heterocycles. The molecule has 0 saturated carbocycles. The van der Waals surface area contributed by atoms with Crippen LogP contribution in [-0.2, 0) is 23.6 Å². The van der Waals surface area contributed by atoms with Crippen molar-refractivity contribution in [2.24, 2.45) is 0 Å². The van der Waals surface area contributed by atoms with Gasteiger partial charge in [0.15, 0.2) is 0 Å². The van der Waals surface area contributed by atoms with Gasteiger partial charge in [0, 0.05) is 12.4 Å². The zero-order valence-electron chi connectivity index (χ0n) is 18.2. The average molecular weight is 426 g/mol. The summed E-state index contributed by atoms with van der Waals surface area (Å²) in [5.41, 5.74) is 2.39. The highest BCUT2D eigenvalue weighted by Crippen LogP contribution is 2.67. The SMILES string of the molecule is CCCC(C)P(=S)(NP(=S)(C(C)CCC)C(C)CCC)C(C)CCC. The first-order chi connectivity index (χ1) is 11.6. The topological polar surface area (TPSA) is 12.0 Å². The van der Waals surface area contributed by atoms with Crippen molar-refractivity contribution in [2.75, 3.05) is 0 Å². The van der Waals surface area contributed by atoms with Crippen LogP contribution >= 0.6 is 12.4 Å². The molecule has 0 radical (unpaired) electrons. The molecule has 0 aliphatic heterocycles. The van der Waals surface area contributed by atoms with E-state index in [0.29, 0.717) is 22.6 Å². The maximum atomic E-state index is 6.49. The first-order valence-corrected chi connectivity index (χ1v) is 16.5. The van der Waals surface area contributed by atoms with E-state index in [4.69, 9.17) is 23.6 Å². The van der Waals surface area contributed by atoms with Gasteiger partial charge in [-0.3, -0.25) is 4.86 Å². The molecule has 1 nitrogen and oxygen atoms in total. The van der Waals surface area contributed by atoms with Gasteiger partial charge in [-0.2, -0.15) is 0 Å². The Labute approximate surface area is 170 Å². The molecule has 4 unspecified atom stereocenters. The molecule has 0 aromatic carbocycles. The summed E-state index contributed by atoms with van der Waals surface area (Å²) in [6.45, 7) is 18.8. The summed E-state index contributed by atoms with van der Waals surface area (Å²) in [6, 6.07) is 0. The third kappa shape index (κ3) is 7.30. The Bertz CT molecular complexity index is 381. The van der Waals surface area contributed by atoms with E-state index in [1.165, 1.54) is 51.4 Å². The second-order valence-electron chi connectivity index (χ2n) is 8.07. The van der Waals surface area contributed by atoms with Gasteiger partial charge in [0.05, 0.1) is 0 Å². The normalized spacial score (nSPS) is 21.8. The van der Waals surface area contributed by atoms with Crippen LogP contribution in [0.1, 0.15) is 107 Å². The molecule has 0 saturated heterocycles. The van der Waals surface area contributed by atoms with Gasteiger partial charge in [-0.1, -0.05) is 105 Å². The second-order valence-corrected chi connectivity index (χ2v) is 18.9. The van der Waals surface area contributed by atoms with Crippen LogP contribution in [0, 0.1) is 0 Å². The van der Waals surface area contributed by atoms with Crippen LogP contribution in [0.15, 0.2) is 0 Å². The monoisotopic (exact) mass is 425 g/mol. The van der Waals surface area contributed by atoms with Gasteiger partial charge in [-0.05, 0) is 48.3 Å². The molecule has 4 atom stereocenters. The van der Waals surface area contributed by atoms with Gasteiger partial charge >= 0.3 is 0 Å². The van der Waals surface area contributed by atoms with Crippen molar-refractivity contribution in [2.45, 2.75) is 129 Å². The largest absolute Gasteiger partial charge is 0.258 e. The number of rotatable bonds is 14. The predicted octanol–water partition coefficient (Wildman–Crippen LogP) is 8.12. The fourth-order valence-electron chi connectivity index (χ4n) is 3.95. The summed E-state index contributed by atoms with van der Waals surface area (Å²) in [5.74, 6) is 0. The van der Waals surface area contributed by atoms with Gasteiger partial charge < -0.3 is 0 Å². The van der Waals surface area contributed by atoms with Gasteiger partial charge in [0.2, 0.25) is 0 Å². The van der Waals surface area contributed by atoms with Crippen LogP contribution in [-0.4, -0.2) is 22.6 Å². The highest BCUT2D eigenvalue weighted by Gasteiger charge is 2.39. The van der Waals surface area contributed by atoms with E-state index < -0.39 is 12.4 Å². The molecule has 152 valence electrons. The van der Waals surface area contributed by atoms with Crippen molar-refractivity contribution in [3.05, 3.63) is 0 Å². The molecule has 0 bridgehead atoms. The van der Waals surface area contributed by atoms with Crippen molar-refractivity contribution in [1.29, 1.82) is 0 Å². The van der Waals surface area contributed by atoms with Crippen LogP contribution < -0.4 is 4.86 Å². The van der Waals surface area contributed by atoms with Crippen LogP contribution in [0.3, 0.4) is 0 Å². The Balaban J connectivity index is 5.88. The lowest BCUT2D eigenvalue weighted by molar-refractivity contribution is 0.719. The summed E-state index contributed by atoms with van der Waals surface area (Å²) in [5, 5.41) is 0. The van der Waals surface area contributed by atoms with Gasteiger partial charge in [-0.15, -0.1) is 0 Å². The number of hydrogen-bond donors (Lipinski definition) is 1.